The lowest BCUT2D eigenvalue weighted by Crippen LogP contribution is -2.16. The molecule has 2 N–H and O–H groups in total. The molecule has 0 fully saturated rings. The van der Waals surface area contributed by atoms with E-state index in [4.69, 9.17) is 4.74 Å². The average Bonchev–Trinajstić information content (AvgIpc) is 2.55. The molecule has 2 aromatic carbocycles. The number of carboxylic acid groups (broad SMARTS) is 1. The van der Waals surface area contributed by atoms with Crippen molar-refractivity contribution >= 4 is 17.6 Å². The molecule has 24 heavy (non-hydrogen) atoms. The molecule has 0 aromatic heterocycles. The zero-order chi connectivity index (χ0) is 17.5. The molecule has 0 unspecified atom stereocenters. The quantitative estimate of drug-likeness (QED) is 0.804. The molecule has 5 heteroatoms. The number of para-hydroxylation sites is 2. The molecule has 0 saturated carbocycles. The lowest BCUT2D eigenvalue weighted by molar-refractivity contribution is 0.0698. The van der Waals surface area contributed by atoms with E-state index >= 15 is 0 Å². The Balaban J connectivity index is 2.17. The molecule has 0 aliphatic heterocycles. The SMILES string of the molecule is CC(C)CCOc1ccccc1C(=O)Nc1ccccc1C(=O)O. The summed E-state index contributed by atoms with van der Waals surface area (Å²) in [6.45, 7) is 4.73. The second kappa shape index (κ2) is 8.15. The van der Waals surface area contributed by atoms with Gasteiger partial charge in [0.05, 0.1) is 23.4 Å². The number of anilines is 1. The Morgan fingerprint density at radius 2 is 1.67 bits per heavy atom. The number of carbonyl (C=O) groups is 2. The van der Waals surface area contributed by atoms with E-state index in [2.05, 4.69) is 19.2 Å². The lowest BCUT2D eigenvalue weighted by atomic mass is 10.1. The number of amides is 1. The molecule has 0 spiro atoms. The van der Waals surface area contributed by atoms with Crippen molar-refractivity contribution in [2.24, 2.45) is 5.92 Å². The predicted octanol–water partition coefficient (Wildman–Crippen LogP) is 4.06. The second-order valence-corrected chi connectivity index (χ2v) is 5.83. The average molecular weight is 327 g/mol. The molecule has 2 rings (SSSR count). The number of benzene rings is 2. The maximum absolute atomic E-state index is 12.5. The van der Waals surface area contributed by atoms with E-state index in [1.807, 2.05) is 0 Å². The maximum atomic E-state index is 12.5. The van der Waals surface area contributed by atoms with Gasteiger partial charge in [-0.2, -0.15) is 0 Å². The second-order valence-electron chi connectivity index (χ2n) is 5.83. The first-order valence-electron chi connectivity index (χ1n) is 7.84. The fourth-order valence-corrected chi connectivity index (χ4v) is 2.15. The third-order valence-electron chi connectivity index (χ3n) is 3.49. The van der Waals surface area contributed by atoms with Crippen LogP contribution < -0.4 is 10.1 Å². The Morgan fingerprint density at radius 1 is 1.04 bits per heavy atom. The van der Waals surface area contributed by atoms with Crippen LogP contribution in [-0.4, -0.2) is 23.6 Å². The van der Waals surface area contributed by atoms with Crippen LogP contribution in [0.2, 0.25) is 0 Å². The van der Waals surface area contributed by atoms with Crippen molar-refractivity contribution in [3.63, 3.8) is 0 Å². The van der Waals surface area contributed by atoms with Crippen molar-refractivity contribution in [1.82, 2.24) is 0 Å². The summed E-state index contributed by atoms with van der Waals surface area (Å²) in [6.07, 6.45) is 0.887. The number of hydrogen-bond donors (Lipinski definition) is 2. The van der Waals surface area contributed by atoms with Crippen molar-refractivity contribution < 1.29 is 19.4 Å². The third-order valence-corrected chi connectivity index (χ3v) is 3.49. The number of hydrogen-bond acceptors (Lipinski definition) is 3. The van der Waals surface area contributed by atoms with Crippen LogP contribution in [0.3, 0.4) is 0 Å². The fourth-order valence-electron chi connectivity index (χ4n) is 2.15. The third kappa shape index (κ3) is 4.59. The van der Waals surface area contributed by atoms with E-state index in [1.54, 1.807) is 42.5 Å². The van der Waals surface area contributed by atoms with Gasteiger partial charge < -0.3 is 15.2 Å². The van der Waals surface area contributed by atoms with Crippen molar-refractivity contribution in [2.45, 2.75) is 20.3 Å². The van der Waals surface area contributed by atoms with Gasteiger partial charge in [-0.25, -0.2) is 4.79 Å². The molecule has 0 aliphatic carbocycles. The van der Waals surface area contributed by atoms with E-state index < -0.39 is 11.9 Å². The van der Waals surface area contributed by atoms with Crippen molar-refractivity contribution in [3.8, 4) is 5.75 Å². The minimum atomic E-state index is -1.09. The summed E-state index contributed by atoms with van der Waals surface area (Å²) in [7, 11) is 0. The predicted molar refractivity (Wildman–Crippen MR) is 92.7 cm³/mol. The number of carbonyl (C=O) groups excluding carboxylic acids is 1. The smallest absolute Gasteiger partial charge is 0.337 e. The van der Waals surface area contributed by atoms with Gasteiger partial charge in [0.25, 0.3) is 5.91 Å². The van der Waals surface area contributed by atoms with Crippen LogP contribution in [0.25, 0.3) is 0 Å². The molecule has 0 aliphatic rings. The van der Waals surface area contributed by atoms with Gasteiger partial charge in [0.1, 0.15) is 5.75 Å². The first kappa shape index (κ1) is 17.5. The van der Waals surface area contributed by atoms with E-state index in [9.17, 15) is 14.7 Å². The zero-order valence-corrected chi connectivity index (χ0v) is 13.8. The molecule has 0 saturated heterocycles. The van der Waals surface area contributed by atoms with Crippen LogP contribution in [0.4, 0.5) is 5.69 Å². The summed E-state index contributed by atoms with van der Waals surface area (Å²) < 4.78 is 5.71. The Kier molecular flexibility index (Phi) is 5.95. The standard InChI is InChI=1S/C19H21NO4/c1-13(2)11-12-24-17-10-6-4-8-15(17)18(21)20-16-9-5-3-7-14(16)19(22)23/h3-10,13H,11-12H2,1-2H3,(H,20,21)(H,22,23). The molecule has 0 radical (unpaired) electrons. The molecule has 0 bridgehead atoms. The molecule has 0 atom stereocenters. The van der Waals surface area contributed by atoms with E-state index in [0.29, 0.717) is 23.8 Å². The molecule has 0 heterocycles. The minimum absolute atomic E-state index is 0.0454. The summed E-state index contributed by atoms with van der Waals surface area (Å²) >= 11 is 0. The van der Waals surface area contributed by atoms with Gasteiger partial charge >= 0.3 is 5.97 Å². The molecular weight excluding hydrogens is 306 g/mol. The largest absolute Gasteiger partial charge is 0.493 e. The van der Waals surface area contributed by atoms with E-state index in [0.717, 1.165) is 6.42 Å². The van der Waals surface area contributed by atoms with Crippen LogP contribution in [0, 0.1) is 5.92 Å². The number of ether oxygens (including phenoxy) is 1. The number of nitrogens with one attached hydrogen (secondary N) is 1. The van der Waals surface area contributed by atoms with E-state index in [1.165, 1.54) is 6.07 Å². The fraction of sp³-hybridized carbons (Fsp3) is 0.263. The summed E-state index contributed by atoms with van der Waals surface area (Å²) in [4.78, 5) is 23.8. The highest BCUT2D eigenvalue weighted by Crippen LogP contribution is 2.22. The van der Waals surface area contributed by atoms with Gasteiger partial charge in [0, 0.05) is 0 Å². The molecule has 5 nitrogen and oxygen atoms in total. The number of rotatable bonds is 7. The molecule has 126 valence electrons. The number of aromatic carboxylic acids is 1. The Bertz CT molecular complexity index is 725. The highest BCUT2D eigenvalue weighted by atomic mass is 16.5. The summed E-state index contributed by atoms with van der Waals surface area (Å²) in [6, 6.07) is 13.2. The maximum Gasteiger partial charge on any atom is 0.337 e. The van der Waals surface area contributed by atoms with Crippen LogP contribution in [0.1, 0.15) is 41.0 Å². The van der Waals surface area contributed by atoms with Gasteiger partial charge in [-0.05, 0) is 36.6 Å². The monoisotopic (exact) mass is 327 g/mol. The summed E-state index contributed by atoms with van der Waals surface area (Å²) in [5.74, 6) is -0.492. The summed E-state index contributed by atoms with van der Waals surface area (Å²) in [5.41, 5.74) is 0.678. The van der Waals surface area contributed by atoms with Gasteiger partial charge in [-0.1, -0.05) is 38.1 Å². The highest BCUT2D eigenvalue weighted by molar-refractivity contribution is 6.09. The lowest BCUT2D eigenvalue weighted by Gasteiger charge is -2.13. The molecule has 1 amide bonds. The Morgan fingerprint density at radius 3 is 2.33 bits per heavy atom. The van der Waals surface area contributed by atoms with Crippen LogP contribution in [0.15, 0.2) is 48.5 Å². The Labute approximate surface area is 141 Å². The molecule has 2 aromatic rings. The zero-order valence-electron chi connectivity index (χ0n) is 13.8. The van der Waals surface area contributed by atoms with Crippen molar-refractivity contribution in [3.05, 3.63) is 59.7 Å². The first-order chi connectivity index (χ1) is 11.5. The van der Waals surface area contributed by atoms with Gasteiger partial charge in [-0.15, -0.1) is 0 Å². The van der Waals surface area contributed by atoms with Crippen molar-refractivity contribution in [2.75, 3.05) is 11.9 Å². The van der Waals surface area contributed by atoms with Gasteiger partial charge in [0.15, 0.2) is 0 Å². The summed E-state index contributed by atoms with van der Waals surface area (Å²) in [5, 5.41) is 11.8. The Hall–Kier alpha value is -2.82. The number of carboxylic acids is 1. The molecular formula is C19H21NO4. The topological polar surface area (TPSA) is 75.6 Å². The van der Waals surface area contributed by atoms with Crippen molar-refractivity contribution in [1.29, 1.82) is 0 Å². The minimum Gasteiger partial charge on any atom is -0.493 e. The van der Waals surface area contributed by atoms with Crippen LogP contribution in [-0.2, 0) is 0 Å². The first-order valence-corrected chi connectivity index (χ1v) is 7.84. The normalized spacial score (nSPS) is 10.5. The van der Waals surface area contributed by atoms with Gasteiger partial charge in [0.2, 0.25) is 0 Å². The van der Waals surface area contributed by atoms with Crippen LogP contribution >= 0.6 is 0 Å². The van der Waals surface area contributed by atoms with E-state index in [-0.39, 0.29) is 11.3 Å². The highest BCUT2D eigenvalue weighted by Gasteiger charge is 2.16. The van der Waals surface area contributed by atoms with Crippen LogP contribution in [0.5, 0.6) is 5.75 Å². The van der Waals surface area contributed by atoms with Gasteiger partial charge in [-0.3, -0.25) is 4.79 Å².